The summed E-state index contributed by atoms with van der Waals surface area (Å²) in [7, 11) is 0. The molecule has 2 unspecified atom stereocenters. The summed E-state index contributed by atoms with van der Waals surface area (Å²) in [5, 5.41) is 2.21. The second-order valence-electron chi connectivity index (χ2n) is 4.98. The van der Waals surface area contributed by atoms with E-state index in [4.69, 9.17) is 17.4 Å². The molecule has 0 amide bonds. The van der Waals surface area contributed by atoms with Gasteiger partial charge in [-0.3, -0.25) is 11.3 Å². The molecule has 0 saturated heterocycles. The smallest absolute Gasteiger partial charge is 0.0931 e. The van der Waals surface area contributed by atoms with Gasteiger partial charge >= 0.3 is 0 Å². The van der Waals surface area contributed by atoms with Gasteiger partial charge in [-0.2, -0.15) is 0 Å². The normalized spacial score (nSPS) is 20.2. The summed E-state index contributed by atoms with van der Waals surface area (Å²) in [6, 6.07) is 6.64. The Morgan fingerprint density at radius 3 is 3.05 bits per heavy atom. The van der Waals surface area contributed by atoms with Crippen molar-refractivity contribution in [2.75, 3.05) is 0 Å². The summed E-state index contributed by atoms with van der Waals surface area (Å²) >= 11 is 9.54. The van der Waals surface area contributed by atoms with Crippen molar-refractivity contribution in [3.05, 3.63) is 43.2 Å². The molecule has 2 atom stereocenters. The lowest BCUT2D eigenvalue weighted by Crippen LogP contribution is -2.42. The highest BCUT2D eigenvalue weighted by Gasteiger charge is 2.28. The number of aryl methyl sites for hydroxylation is 1. The number of hydrogen-bond acceptors (Lipinski definition) is 4. The first kappa shape index (κ1) is 13.6. The summed E-state index contributed by atoms with van der Waals surface area (Å²) in [5.41, 5.74) is 4.53. The monoisotopic (exact) mass is 312 g/mol. The third-order valence-electron chi connectivity index (χ3n) is 3.85. The Morgan fingerprint density at radius 2 is 2.32 bits per heavy atom. The van der Waals surface area contributed by atoms with Crippen LogP contribution in [0.15, 0.2) is 23.6 Å². The number of thiophene rings is 2. The molecule has 0 bridgehead atoms. The van der Waals surface area contributed by atoms with Gasteiger partial charge in [-0.1, -0.05) is 11.6 Å². The van der Waals surface area contributed by atoms with E-state index in [1.165, 1.54) is 29.7 Å². The van der Waals surface area contributed by atoms with Gasteiger partial charge < -0.3 is 0 Å². The van der Waals surface area contributed by atoms with E-state index >= 15 is 0 Å². The van der Waals surface area contributed by atoms with E-state index in [0.717, 1.165) is 10.8 Å². The second kappa shape index (κ2) is 5.94. The van der Waals surface area contributed by atoms with Crippen LogP contribution in [0.25, 0.3) is 0 Å². The minimum Gasteiger partial charge on any atom is -0.271 e. The van der Waals surface area contributed by atoms with Crippen molar-refractivity contribution in [2.45, 2.75) is 37.6 Å². The first-order chi connectivity index (χ1) is 9.28. The predicted molar refractivity (Wildman–Crippen MR) is 84.1 cm³/mol. The van der Waals surface area contributed by atoms with Crippen LogP contribution in [0, 0.1) is 0 Å². The van der Waals surface area contributed by atoms with Crippen molar-refractivity contribution < 1.29 is 0 Å². The number of hydrazine groups is 1. The highest BCUT2D eigenvalue weighted by Crippen LogP contribution is 2.38. The van der Waals surface area contributed by atoms with Crippen LogP contribution in [0.2, 0.25) is 4.34 Å². The van der Waals surface area contributed by atoms with Crippen molar-refractivity contribution in [1.29, 1.82) is 0 Å². The molecule has 0 saturated carbocycles. The topological polar surface area (TPSA) is 38.0 Å². The van der Waals surface area contributed by atoms with Gasteiger partial charge in [0, 0.05) is 21.7 Å². The number of fused-ring (bicyclic) bond motifs is 1. The molecule has 3 N–H and O–H groups in total. The van der Waals surface area contributed by atoms with Gasteiger partial charge in [0.1, 0.15) is 0 Å². The van der Waals surface area contributed by atoms with Crippen molar-refractivity contribution in [3.8, 4) is 0 Å². The quantitative estimate of drug-likeness (QED) is 0.662. The summed E-state index contributed by atoms with van der Waals surface area (Å²) < 4.78 is 0.852. The lowest BCUT2D eigenvalue weighted by atomic mass is 9.81. The molecule has 0 fully saturated rings. The first-order valence-electron chi connectivity index (χ1n) is 6.54. The molecule has 2 nitrogen and oxygen atoms in total. The Kier molecular flexibility index (Phi) is 4.24. The largest absolute Gasteiger partial charge is 0.271 e. The second-order valence-corrected chi connectivity index (χ2v) is 7.78. The molecule has 19 heavy (non-hydrogen) atoms. The lowest BCUT2D eigenvalue weighted by Gasteiger charge is -2.30. The highest BCUT2D eigenvalue weighted by atomic mass is 35.5. The number of nitrogens with one attached hydrogen (secondary N) is 1. The van der Waals surface area contributed by atoms with Gasteiger partial charge in [0.2, 0.25) is 0 Å². The molecule has 1 aliphatic carbocycles. The molecule has 1 aliphatic rings. The zero-order valence-electron chi connectivity index (χ0n) is 10.6. The van der Waals surface area contributed by atoms with Crippen molar-refractivity contribution in [1.82, 2.24) is 5.43 Å². The van der Waals surface area contributed by atoms with Gasteiger partial charge in [-0.05, 0) is 54.8 Å². The molecule has 0 aliphatic heterocycles. The number of halogens is 1. The summed E-state index contributed by atoms with van der Waals surface area (Å²) in [6.45, 7) is 0. The third-order valence-corrected chi connectivity index (χ3v) is 6.10. The Hall–Kier alpha value is -0.390. The lowest BCUT2D eigenvalue weighted by molar-refractivity contribution is 0.399. The molecule has 3 rings (SSSR count). The minimum atomic E-state index is 0.295. The standard InChI is InChI=1S/C14H17ClN2S2/c15-14-5-4-9(19-14)8-12(17-16)10-2-1-3-13-11(10)6-7-18-13/h4-7,10,12,17H,1-3,8,16H2. The Bertz CT molecular complexity index is 549. The molecule has 2 aromatic rings. The maximum Gasteiger partial charge on any atom is 0.0931 e. The molecule has 0 spiro atoms. The number of nitrogens with two attached hydrogens (primary N) is 1. The molecule has 102 valence electrons. The molecule has 0 aromatic carbocycles. The van der Waals surface area contributed by atoms with E-state index in [2.05, 4.69) is 22.9 Å². The maximum atomic E-state index is 6.00. The van der Waals surface area contributed by atoms with Crippen LogP contribution in [0.4, 0.5) is 0 Å². The van der Waals surface area contributed by atoms with Crippen LogP contribution >= 0.6 is 34.3 Å². The first-order valence-corrected chi connectivity index (χ1v) is 8.62. The summed E-state index contributed by atoms with van der Waals surface area (Å²) in [6.07, 6.45) is 4.67. The van der Waals surface area contributed by atoms with Crippen molar-refractivity contribution >= 4 is 34.3 Å². The van der Waals surface area contributed by atoms with Crippen molar-refractivity contribution in [2.24, 2.45) is 5.84 Å². The van der Waals surface area contributed by atoms with E-state index in [-0.39, 0.29) is 0 Å². The van der Waals surface area contributed by atoms with Crippen molar-refractivity contribution in [3.63, 3.8) is 0 Å². The Balaban J connectivity index is 1.80. The minimum absolute atomic E-state index is 0.295. The summed E-state index contributed by atoms with van der Waals surface area (Å²) in [5.74, 6) is 6.34. The Morgan fingerprint density at radius 1 is 1.42 bits per heavy atom. The van der Waals surface area contributed by atoms with E-state index in [9.17, 15) is 0 Å². The van der Waals surface area contributed by atoms with Gasteiger partial charge in [-0.25, -0.2) is 0 Å². The van der Waals surface area contributed by atoms with E-state index < -0.39 is 0 Å². The van der Waals surface area contributed by atoms with Gasteiger partial charge in [-0.15, -0.1) is 22.7 Å². The SMILES string of the molecule is NNC(Cc1ccc(Cl)s1)C1CCCc2sccc21. The van der Waals surface area contributed by atoms with E-state index in [1.54, 1.807) is 16.2 Å². The molecule has 2 aromatic heterocycles. The van der Waals surface area contributed by atoms with Gasteiger partial charge in [0.25, 0.3) is 0 Å². The zero-order chi connectivity index (χ0) is 13.2. The average Bonchev–Trinajstić information content (AvgIpc) is 3.04. The molecular formula is C14H17ClN2S2. The van der Waals surface area contributed by atoms with Crippen LogP contribution in [0.5, 0.6) is 0 Å². The zero-order valence-corrected chi connectivity index (χ0v) is 13.0. The molecule has 5 heteroatoms. The predicted octanol–water partition coefficient (Wildman–Crippen LogP) is 3.96. The number of rotatable bonds is 4. The van der Waals surface area contributed by atoms with E-state index in [0.29, 0.717) is 12.0 Å². The van der Waals surface area contributed by atoms with E-state index in [1.807, 2.05) is 17.4 Å². The van der Waals surface area contributed by atoms with Crippen LogP contribution in [-0.4, -0.2) is 6.04 Å². The van der Waals surface area contributed by atoms with Crippen LogP contribution in [0.1, 0.15) is 34.1 Å². The average molecular weight is 313 g/mol. The molecule has 2 heterocycles. The summed E-state index contributed by atoms with van der Waals surface area (Å²) in [4.78, 5) is 2.84. The van der Waals surface area contributed by atoms with Gasteiger partial charge in [0.05, 0.1) is 4.34 Å². The Labute approximate surface area is 126 Å². The van der Waals surface area contributed by atoms with Crippen LogP contribution in [0.3, 0.4) is 0 Å². The third kappa shape index (κ3) is 2.88. The maximum absolute atomic E-state index is 6.00. The van der Waals surface area contributed by atoms with Crippen LogP contribution in [-0.2, 0) is 12.8 Å². The van der Waals surface area contributed by atoms with Crippen LogP contribution < -0.4 is 11.3 Å². The fraction of sp³-hybridized carbons (Fsp3) is 0.429. The fourth-order valence-electron chi connectivity index (χ4n) is 2.94. The van der Waals surface area contributed by atoms with Gasteiger partial charge in [0.15, 0.2) is 0 Å². The highest BCUT2D eigenvalue weighted by molar-refractivity contribution is 7.16. The number of hydrogen-bond donors (Lipinski definition) is 2. The molecule has 0 radical (unpaired) electrons. The molecular weight excluding hydrogens is 296 g/mol. The fourth-order valence-corrected chi connectivity index (χ4v) is 5.08.